The fourth-order valence-corrected chi connectivity index (χ4v) is 4.85. The Balaban J connectivity index is 1.42. The molecule has 3 N–H and O–H groups in total. The zero-order valence-electron chi connectivity index (χ0n) is 25.7. The molecular weight excluding hydrogens is 568 g/mol. The van der Waals surface area contributed by atoms with Crippen LogP contribution in [-0.4, -0.2) is 48.7 Å². The molecule has 3 aromatic rings. The molecule has 0 fully saturated rings. The van der Waals surface area contributed by atoms with E-state index >= 15 is 0 Å². The van der Waals surface area contributed by atoms with Gasteiger partial charge in [-0.25, -0.2) is 0 Å². The van der Waals surface area contributed by atoms with E-state index in [9.17, 15) is 19.5 Å². The van der Waals surface area contributed by atoms with Gasteiger partial charge in [0.05, 0.1) is 31.0 Å². The van der Waals surface area contributed by atoms with Crippen molar-refractivity contribution >= 4 is 17.8 Å². The molecule has 45 heavy (non-hydrogen) atoms. The summed E-state index contributed by atoms with van der Waals surface area (Å²) in [5, 5.41) is 15.5. The van der Waals surface area contributed by atoms with Crippen LogP contribution >= 0.6 is 0 Å². The van der Waals surface area contributed by atoms with Crippen molar-refractivity contribution in [1.82, 2.24) is 10.6 Å². The second kappa shape index (κ2) is 19.6. The molecule has 3 rings (SSSR count). The number of amides is 2. The Morgan fingerprint density at radius 2 is 1.38 bits per heavy atom. The molecule has 3 aromatic carbocycles. The normalized spacial score (nSPS) is 12.6. The minimum Gasteiger partial charge on any atom is -0.489 e. The summed E-state index contributed by atoms with van der Waals surface area (Å²) in [6.45, 7) is 7.80. The van der Waals surface area contributed by atoms with Gasteiger partial charge in [0, 0.05) is 6.42 Å². The molecule has 8 nitrogen and oxygen atoms in total. The van der Waals surface area contributed by atoms with Crippen LogP contribution in [0.1, 0.15) is 36.0 Å². The van der Waals surface area contributed by atoms with Crippen molar-refractivity contribution in [3.63, 3.8) is 0 Å². The molecule has 2 amide bonds. The third-order valence-electron chi connectivity index (χ3n) is 7.25. The second-order valence-electron chi connectivity index (χ2n) is 10.9. The number of esters is 1. The number of carbonyl (C=O) groups is 3. The Kier molecular flexibility index (Phi) is 15.1. The molecule has 0 aliphatic heterocycles. The van der Waals surface area contributed by atoms with E-state index in [0.717, 1.165) is 22.4 Å². The minimum atomic E-state index is -0.648. The quantitative estimate of drug-likeness (QED) is 0.0945. The van der Waals surface area contributed by atoms with E-state index in [-0.39, 0.29) is 49.9 Å². The zero-order valence-corrected chi connectivity index (χ0v) is 25.7. The highest BCUT2D eigenvalue weighted by atomic mass is 16.5. The van der Waals surface area contributed by atoms with Crippen LogP contribution in [0.2, 0.25) is 0 Å². The molecule has 0 saturated carbocycles. The molecular formula is C37H44N2O6. The molecule has 3 atom stereocenters. The lowest BCUT2D eigenvalue weighted by Gasteiger charge is -2.20. The van der Waals surface area contributed by atoms with Gasteiger partial charge in [0.25, 0.3) is 0 Å². The molecule has 0 bridgehead atoms. The average Bonchev–Trinajstić information content (AvgIpc) is 3.06. The van der Waals surface area contributed by atoms with Crippen LogP contribution in [0, 0.1) is 11.8 Å². The monoisotopic (exact) mass is 612 g/mol. The Hall–Kier alpha value is -4.69. The molecule has 3 unspecified atom stereocenters. The standard InChI is InChI=1S/C37H44N2O6/c1-3-11-31(36(42)38-21-22-44-37(43)32(12-4-2)23-28-13-7-5-8-14-28)25-35(41)39-33(26-40)24-29-17-19-34(20-18-29)45-27-30-15-9-6-10-16-30/h3-10,13-20,31-33,40H,1-2,11-12,21-27H2,(H,38,42)(H,39,41). The van der Waals surface area contributed by atoms with Crippen molar-refractivity contribution < 1.29 is 29.0 Å². The first-order chi connectivity index (χ1) is 21.9. The zero-order chi connectivity index (χ0) is 32.3. The first kappa shape index (κ1) is 34.8. The molecule has 0 heterocycles. The van der Waals surface area contributed by atoms with Crippen molar-refractivity contribution in [1.29, 1.82) is 0 Å². The molecule has 0 spiro atoms. The largest absolute Gasteiger partial charge is 0.489 e. The number of hydrogen-bond donors (Lipinski definition) is 3. The highest BCUT2D eigenvalue weighted by Crippen LogP contribution is 2.17. The summed E-state index contributed by atoms with van der Waals surface area (Å²) in [7, 11) is 0. The van der Waals surface area contributed by atoms with E-state index < -0.39 is 12.0 Å². The molecule has 8 heteroatoms. The second-order valence-corrected chi connectivity index (χ2v) is 10.9. The van der Waals surface area contributed by atoms with Gasteiger partial charge in [-0.2, -0.15) is 0 Å². The number of hydrogen-bond acceptors (Lipinski definition) is 6. The van der Waals surface area contributed by atoms with Gasteiger partial charge in [-0.05, 0) is 54.5 Å². The Morgan fingerprint density at radius 1 is 0.778 bits per heavy atom. The highest BCUT2D eigenvalue weighted by Gasteiger charge is 2.23. The lowest BCUT2D eigenvalue weighted by molar-refractivity contribution is -0.148. The van der Waals surface area contributed by atoms with Crippen LogP contribution in [0.25, 0.3) is 0 Å². The van der Waals surface area contributed by atoms with Crippen molar-refractivity contribution in [2.75, 3.05) is 19.8 Å². The number of ether oxygens (including phenoxy) is 2. The predicted octanol–water partition coefficient (Wildman–Crippen LogP) is 4.96. The average molecular weight is 613 g/mol. The SMILES string of the molecule is C=CCC(CC(=O)NC(CO)Cc1ccc(OCc2ccccc2)cc1)C(=O)NCCOC(=O)C(CC=C)Cc1ccccc1. The number of benzene rings is 3. The third-order valence-corrected chi connectivity index (χ3v) is 7.25. The lowest BCUT2D eigenvalue weighted by Crippen LogP contribution is -2.42. The summed E-state index contributed by atoms with van der Waals surface area (Å²) >= 11 is 0. The maximum atomic E-state index is 12.9. The molecule has 0 saturated heterocycles. The van der Waals surface area contributed by atoms with E-state index in [4.69, 9.17) is 9.47 Å². The smallest absolute Gasteiger partial charge is 0.309 e. The van der Waals surface area contributed by atoms with Gasteiger partial charge in [0.1, 0.15) is 19.0 Å². The van der Waals surface area contributed by atoms with E-state index in [2.05, 4.69) is 23.8 Å². The molecule has 0 aliphatic carbocycles. The summed E-state index contributed by atoms with van der Waals surface area (Å²) in [5.41, 5.74) is 3.03. The van der Waals surface area contributed by atoms with Gasteiger partial charge in [-0.3, -0.25) is 14.4 Å². The fourth-order valence-electron chi connectivity index (χ4n) is 4.85. The van der Waals surface area contributed by atoms with E-state index in [1.807, 2.05) is 84.9 Å². The number of allylic oxidation sites excluding steroid dienone is 2. The van der Waals surface area contributed by atoms with Crippen molar-refractivity contribution in [2.24, 2.45) is 11.8 Å². The van der Waals surface area contributed by atoms with Crippen molar-refractivity contribution in [3.8, 4) is 5.75 Å². The summed E-state index contributed by atoms with van der Waals surface area (Å²) in [5.74, 6) is -1.31. The predicted molar refractivity (Wildman–Crippen MR) is 175 cm³/mol. The maximum absolute atomic E-state index is 12.9. The van der Waals surface area contributed by atoms with Crippen LogP contribution in [0.5, 0.6) is 5.75 Å². The van der Waals surface area contributed by atoms with E-state index in [0.29, 0.717) is 32.3 Å². The first-order valence-corrected chi connectivity index (χ1v) is 15.3. The van der Waals surface area contributed by atoms with Gasteiger partial charge >= 0.3 is 5.97 Å². The number of aliphatic hydroxyl groups is 1. The van der Waals surface area contributed by atoms with Crippen LogP contribution in [0.4, 0.5) is 0 Å². The molecule has 0 aliphatic rings. The molecule has 0 radical (unpaired) electrons. The number of rotatable bonds is 20. The van der Waals surface area contributed by atoms with Crippen LogP contribution in [0.15, 0.2) is 110 Å². The van der Waals surface area contributed by atoms with Crippen molar-refractivity contribution in [2.45, 2.75) is 44.8 Å². The van der Waals surface area contributed by atoms with Gasteiger partial charge < -0.3 is 25.2 Å². The summed E-state index contributed by atoms with van der Waals surface area (Å²) in [4.78, 5) is 38.3. The number of carbonyl (C=O) groups excluding carboxylic acids is 3. The number of nitrogens with one attached hydrogen (secondary N) is 2. The highest BCUT2D eigenvalue weighted by molar-refractivity contribution is 5.86. The van der Waals surface area contributed by atoms with Gasteiger partial charge in [0.2, 0.25) is 11.8 Å². The topological polar surface area (TPSA) is 114 Å². The van der Waals surface area contributed by atoms with Crippen molar-refractivity contribution in [3.05, 3.63) is 127 Å². The summed E-state index contributed by atoms with van der Waals surface area (Å²) < 4.78 is 11.3. The Bertz CT molecular complexity index is 1340. The third kappa shape index (κ3) is 12.8. The summed E-state index contributed by atoms with van der Waals surface area (Å²) in [6.07, 6.45) is 4.96. The van der Waals surface area contributed by atoms with Crippen LogP contribution in [-0.2, 0) is 38.6 Å². The molecule has 0 aromatic heterocycles. The van der Waals surface area contributed by atoms with E-state index in [1.165, 1.54) is 0 Å². The van der Waals surface area contributed by atoms with Gasteiger partial charge in [0.15, 0.2) is 0 Å². The first-order valence-electron chi connectivity index (χ1n) is 15.3. The van der Waals surface area contributed by atoms with E-state index in [1.54, 1.807) is 12.2 Å². The van der Waals surface area contributed by atoms with Gasteiger partial charge in [-0.15, -0.1) is 13.2 Å². The molecule has 238 valence electrons. The Morgan fingerprint density at radius 3 is 2.00 bits per heavy atom. The van der Waals surface area contributed by atoms with Crippen LogP contribution in [0.3, 0.4) is 0 Å². The fraction of sp³-hybridized carbons (Fsp3) is 0.324. The maximum Gasteiger partial charge on any atom is 0.309 e. The minimum absolute atomic E-state index is 0.0166. The number of aliphatic hydroxyl groups excluding tert-OH is 1. The van der Waals surface area contributed by atoms with Gasteiger partial charge in [-0.1, -0.05) is 84.9 Å². The summed E-state index contributed by atoms with van der Waals surface area (Å²) in [6, 6.07) is 26.6. The van der Waals surface area contributed by atoms with Crippen LogP contribution < -0.4 is 15.4 Å². The Labute approximate surface area is 266 Å². The lowest BCUT2D eigenvalue weighted by atomic mass is 9.96.